The Balaban J connectivity index is 2.24. The molecule has 130 valence electrons. The van der Waals surface area contributed by atoms with E-state index in [2.05, 4.69) is 6.92 Å². The normalized spacial score (nSPS) is 12.1. The minimum atomic E-state index is -0.299. The molecular weight excluding hydrogens is 308 g/mol. The Labute approximate surface area is 145 Å². The lowest BCUT2D eigenvalue weighted by atomic mass is 10.1. The minimum Gasteiger partial charge on any atom is -0.465 e. The molecule has 23 heavy (non-hydrogen) atoms. The summed E-state index contributed by atoms with van der Waals surface area (Å²) in [6.07, 6.45) is 8.98. The summed E-state index contributed by atoms with van der Waals surface area (Å²) in [6.45, 7) is 5.05. The van der Waals surface area contributed by atoms with Gasteiger partial charge in [-0.2, -0.15) is 0 Å². The molecule has 0 aliphatic carbocycles. The van der Waals surface area contributed by atoms with Gasteiger partial charge in [-0.1, -0.05) is 69.3 Å². The molecule has 4 heteroatoms. The van der Waals surface area contributed by atoms with Crippen molar-refractivity contribution in [2.45, 2.75) is 69.1 Å². The summed E-state index contributed by atoms with van der Waals surface area (Å²) in [5.41, 5.74) is 0.632. The van der Waals surface area contributed by atoms with Crippen LogP contribution in [0.25, 0.3) is 0 Å². The van der Waals surface area contributed by atoms with Crippen molar-refractivity contribution in [1.82, 2.24) is 0 Å². The third kappa shape index (κ3) is 8.42. The van der Waals surface area contributed by atoms with Gasteiger partial charge in [0.15, 0.2) is 0 Å². The number of methoxy groups -OCH3 is 1. The third-order valence-electron chi connectivity index (χ3n) is 3.69. The van der Waals surface area contributed by atoms with Gasteiger partial charge >= 0.3 is 5.97 Å². The smallest absolute Gasteiger partial charge is 0.338 e. The number of carbonyl (C=O) groups excluding carboxylic acids is 1. The van der Waals surface area contributed by atoms with Gasteiger partial charge in [-0.05, 0) is 25.5 Å². The van der Waals surface area contributed by atoms with E-state index < -0.39 is 0 Å². The Morgan fingerprint density at radius 3 is 2.43 bits per heavy atom. The molecule has 0 aliphatic heterocycles. The Hall–Kier alpha value is -1.00. The molecule has 1 aromatic carbocycles. The summed E-state index contributed by atoms with van der Waals surface area (Å²) >= 11 is 1.57. The zero-order valence-electron chi connectivity index (χ0n) is 14.7. The van der Waals surface area contributed by atoms with Gasteiger partial charge in [-0.25, -0.2) is 4.79 Å². The molecule has 1 rings (SSSR count). The van der Waals surface area contributed by atoms with Crippen molar-refractivity contribution in [3.8, 4) is 0 Å². The number of ether oxygens (including phenoxy) is 2. The highest BCUT2D eigenvalue weighted by Gasteiger charge is 2.14. The molecule has 0 heterocycles. The first-order valence-electron chi connectivity index (χ1n) is 8.64. The van der Waals surface area contributed by atoms with Crippen LogP contribution in [0.2, 0.25) is 0 Å². The number of hydrogen-bond donors (Lipinski definition) is 0. The first-order chi connectivity index (χ1) is 11.2. The minimum absolute atomic E-state index is 0.0286. The van der Waals surface area contributed by atoms with Crippen LogP contribution >= 0.6 is 11.8 Å². The van der Waals surface area contributed by atoms with Gasteiger partial charge in [-0.3, -0.25) is 0 Å². The van der Waals surface area contributed by atoms with E-state index in [9.17, 15) is 4.79 Å². The maximum absolute atomic E-state index is 11.7. The highest BCUT2D eigenvalue weighted by atomic mass is 32.2. The fourth-order valence-corrected chi connectivity index (χ4v) is 3.33. The Bertz CT molecular complexity index is 448. The van der Waals surface area contributed by atoms with Crippen LogP contribution in [0.1, 0.15) is 69.2 Å². The molecule has 0 aliphatic rings. The number of benzene rings is 1. The number of esters is 1. The van der Waals surface area contributed by atoms with E-state index in [1.807, 2.05) is 25.1 Å². The Morgan fingerprint density at radius 1 is 1.09 bits per heavy atom. The Kier molecular flexibility index (Phi) is 10.8. The van der Waals surface area contributed by atoms with Crippen molar-refractivity contribution in [1.29, 1.82) is 0 Å². The summed E-state index contributed by atoms with van der Waals surface area (Å²) in [5, 5.41) is 0. The van der Waals surface area contributed by atoms with Crippen LogP contribution in [0.3, 0.4) is 0 Å². The summed E-state index contributed by atoms with van der Waals surface area (Å²) in [4.78, 5) is 12.7. The maximum Gasteiger partial charge on any atom is 0.338 e. The second-order valence-electron chi connectivity index (χ2n) is 5.67. The van der Waals surface area contributed by atoms with E-state index in [-0.39, 0.29) is 11.4 Å². The monoisotopic (exact) mass is 338 g/mol. The second-order valence-corrected chi connectivity index (χ2v) is 7.00. The van der Waals surface area contributed by atoms with Gasteiger partial charge < -0.3 is 9.47 Å². The molecule has 1 aromatic rings. The zero-order valence-corrected chi connectivity index (χ0v) is 15.5. The van der Waals surface area contributed by atoms with Crippen LogP contribution < -0.4 is 0 Å². The van der Waals surface area contributed by atoms with Crippen LogP contribution in [0.4, 0.5) is 0 Å². The van der Waals surface area contributed by atoms with Gasteiger partial charge in [0.1, 0.15) is 5.44 Å². The van der Waals surface area contributed by atoms with E-state index in [0.29, 0.717) is 5.56 Å². The fourth-order valence-electron chi connectivity index (χ4n) is 2.37. The molecule has 0 fully saturated rings. The summed E-state index contributed by atoms with van der Waals surface area (Å²) in [7, 11) is 1.41. The van der Waals surface area contributed by atoms with Crippen molar-refractivity contribution >= 4 is 17.7 Å². The van der Waals surface area contributed by atoms with Gasteiger partial charge in [0, 0.05) is 11.5 Å². The average Bonchev–Trinajstić information content (AvgIpc) is 2.57. The first-order valence-corrected chi connectivity index (χ1v) is 9.52. The number of thioether (sulfide) groups is 1. The summed E-state index contributed by atoms with van der Waals surface area (Å²) in [5.74, 6) is -0.299. The average molecular weight is 339 g/mol. The predicted molar refractivity (Wildman–Crippen MR) is 97.0 cm³/mol. The largest absolute Gasteiger partial charge is 0.465 e. The lowest BCUT2D eigenvalue weighted by Crippen LogP contribution is -2.08. The topological polar surface area (TPSA) is 35.5 Å². The van der Waals surface area contributed by atoms with Crippen molar-refractivity contribution < 1.29 is 14.3 Å². The van der Waals surface area contributed by atoms with Crippen molar-refractivity contribution in [3.63, 3.8) is 0 Å². The molecule has 0 N–H and O–H groups in total. The molecule has 3 nitrogen and oxygen atoms in total. The van der Waals surface area contributed by atoms with E-state index in [1.165, 1.54) is 45.6 Å². The SMILES string of the molecule is CCCCCCCCCOC(C)Sc1ccccc1C(=O)OC. The Morgan fingerprint density at radius 2 is 1.74 bits per heavy atom. The number of hydrogen-bond acceptors (Lipinski definition) is 4. The lowest BCUT2D eigenvalue weighted by Gasteiger charge is -2.14. The second kappa shape index (κ2) is 12.4. The van der Waals surface area contributed by atoms with Gasteiger partial charge in [0.05, 0.1) is 12.7 Å². The van der Waals surface area contributed by atoms with Crippen molar-refractivity contribution in [2.75, 3.05) is 13.7 Å². The van der Waals surface area contributed by atoms with Crippen molar-refractivity contribution in [3.05, 3.63) is 29.8 Å². The van der Waals surface area contributed by atoms with Crippen LogP contribution in [-0.2, 0) is 9.47 Å². The molecule has 0 amide bonds. The highest BCUT2D eigenvalue weighted by Crippen LogP contribution is 2.28. The van der Waals surface area contributed by atoms with Crippen LogP contribution in [-0.4, -0.2) is 25.1 Å². The molecule has 0 radical (unpaired) electrons. The van der Waals surface area contributed by atoms with E-state index in [0.717, 1.165) is 17.9 Å². The number of carbonyl (C=O) groups is 1. The van der Waals surface area contributed by atoms with E-state index in [1.54, 1.807) is 17.8 Å². The van der Waals surface area contributed by atoms with E-state index in [4.69, 9.17) is 9.47 Å². The quantitative estimate of drug-likeness (QED) is 0.213. The maximum atomic E-state index is 11.7. The third-order valence-corrected chi connectivity index (χ3v) is 4.76. The summed E-state index contributed by atoms with van der Waals surface area (Å²) in [6, 6.07) is 7.50. The van der Waals surface area contributed by atoms with Gasteiger partial charge in [0.25, 0.3) is 0 Å². The predicted octanol–water partition coefficient (Wildman–Crippen LogP) is 5.68. The molecule has 1 atom stereocenters. The molecule has 0 bridgehead atoms. The summed E-state index contributed by atoms with van der Waals surface area (Å²) < 4.78 is 10.7. The standard InChI is InChI=1S/C19H30O3S/c1-4-5-6-7-8-9-12-15-22-16(2)23-18-14-11-10-13-17(18)19(20)21-3/h10-11,13-14,16H,4-9,12,15H2,1-3H3. The molecular formula is C19H30O3S. The molecule has 0 saturated heterocycles. The van der Waals surface area contributed by atoms with Gasteiger partial charge in [0.2, 0.25) is 0 Å². The zero-order chi connectivity index (χ0) is 16.9. The van der Waals surface area contributed by atoms with E-state index >= 15 is 0 Å². The molecule has 0 saturated carbocycles. The van der Waals surface area contributed by atoms with Crippen LogP contribution in [0.5, 0.6) is 0 Å². The highest BCUT2D eigenvalue weighted by molar-refractivity contribution is 7.99. The lowest BCUT2D eigenvalue weighted by molar-refractivity contribution is 0.0596. The molecule has 0 spiro atoms. The fraction of sp³-hybridized carbons (Fsp3) is 0.632. The number of rotatable bonds is 12. The number of unbranched alkanes of at least 4 members (excludes halogenated alkanes) is 6. The molecule has 1 unspecified atom stereocenters. The van der Waals surface area contributed by atoms with Crippen LogP contribution in [0.15, 0.2) is 29.2 Å². The van der Waals surface area contributed by atoms with Gasteiger partial charge in [-0.15, -0.1) is 0 Å². The van der Waals surface area contributed by atoms with Crippen molar-refractivity contribution in [2.24, 2.45) is 0 Å². The molecule has 0 aromatic heterocycles. The first kappa shape index (κ1) is 20.0. The van der Waals surface area contributed by atoms with Crippen LogP contribution in [0, 0.1) is 0 Å².